The number of thiazole rings is 1. The number of hydrogen-bond donors (Lipinski definition) is 2. The van der Waals surface area contributed by atoms with Gasteiger partial charge >= 0.3 is 0 Å². The summed E-state index contributed by atoms with van der Waals surface area (Å²) in [5.41, 5.74) is 4.83. The number of halogens is 1. The van der Waals surface area contributed by atoms with E-state index in [4.69, 9.17) is 17.4 Å². The third-order valence-corrected chi connectivity index (χ3v) is 3.74. The van der Waals surface area contributed by atoms with Gasteiger partial charge in [0.25, 0.3) is 0 Å². The summed E-state index contributed by atoms with van der Waals surface area (Å²) in [7, 11) is 0. The molecule has 3 N–H and O–H groups in total. The van der Waals surface area contributed by atoms with Gasteiger partial charge in [-0.15, -0.1) is 11.3 Å². The molecule has 0 aliphatic rings. The van der Waals surface area contributed by atoms with Crippen LogP contribution in [0.2, 0.25) is 5.02 Å². The lowest BCUT2D eigenvalue weighted by Gasteiger charge is -2.14. The Labute approximate surface area is 110 Å². The van der Waals surface area contributed by atoms with Gasteiger partial charge < -0.3 is 0 Å². The highest BCUT2D eigenvalue weighted by atomic mass is 35.5. The van der Waals surface area contributed by atoms with Crippen molar-refractivity contribution < 1.29 is 0 Å². The van der Waals surface area contributed by atoms with E-state index >= 15 is 0 Å². The molecule has 1 aromatic heterocycles. The minimum Gasteiger partial charge on any atom is -0.271 e. The fourth-order valence-corrected chi connectivity index (χ4v) is 2.55. The summed E-state index contributed by atoms with van der Waals surface area (Å²) in [6.07, 6.45) is 0.735. The Bertz CT molecular complexity index is 498. The van der Waals surface area contributed by atoms with Gasteiger partial charge in [-0.25, -0.2) is 4.98 Å². The van der Waals surface area contributed by atoms with Gasteiger partial charge in [-0.1, -0.05) is 29.8 Å². The van der Waals surface area contributed by atoms with Crippen LogP contribution in [-0.4, -0.2) is 4.98 Å². The van der Waals surface area contributed by atoms with Crippen LogP contribution in [0.25, 0.3) is 0 Å². The van der Waals surface area contributed by atoms with Crippen molar-refractivity contribution in [2.45, 2.75) is 19.4 Å². The molecule has 0 saturated carbocycles. The van der Waals surface area contributed by atoms with Crippen molar-refractivity contribution in [3.63, 3.8) is 0 Å². The minimum atomic E-state index is -0.000139. The van der Waals surface area contributed by atoms with Gasteiger partial charge in [0.1, 0.15) is 0 Å². The zero-order valence-corrected chi connectivity index (χ0v) is 11.1. The van der Waals surface area contributed by atoms with Crippen molar-refractivity contribution in [1.82, 2.24) is 10.4 Å². The first-order chi connectivity index (χ1) is 8.20. The quantitative estimate of drug-likeness (QED) is 0.662. The molecule has 1 aromatic carbocycles. The molecule has 0 aliphatic heterocycles. The molecule has 1 atom stereocenters. The van der Waals surface area contributed by atoms with Crippen LogP contribution in [0, 0.1) is 6.92 Å². The van der Waals surface area contributed by atoms with Gasteiger partial charge in [-0.2, -0.15) is 0 Å². The second kappa shape index (κ2) is 5.60. The molecule has 5 heteroatoms. The fraction of sp³-hybridized carbons (Fsp3) is 0.250. The number of nitrogens with two attached hydrogens (primary N) is 1. The van der Waals surface area contributed by atoms with Crippen LogP contribution < -0.4 is 11.3 Å². The first-order valence-electron chi connectivity index (χ1n) is 5.32. The zero-order valence-electron chi connectivity index (χ0n) is 9.48. The molecule has 3 nitrogen and oxygen atoms in total. The predicted molar refractivity (Wildman–Crippen MR) is 72.1 cm³/mol. The minimum absolute atomic E-state index is 0.000139. The molecule has 2 rings (SSSR count). The smallest absolute Gasteiger partial charge is 0.0898 e. The van der Waals surface area contributed by atoms with Crippen LogP contribution in [0.15, 0.2) is 29.6 Å². The maximum atomic E-state index is 6.13. The lowest BCUT2D eigenvalue weighted by Crippen LogP contribution is -2.29. The van der Waals surface area contributed by atoms with Gasteiger partial charge in [0.05, 0.1) is 16.7 Å². The number of hydrogen-bond acceptors (Lipinski definition) is 4. The third kappa shape index (κ3) is 3.04. The highest BCUT2D eigenvalue weighted by Crippen LogP contribution is 2.23. The summed E-state index contributed by atoms with van der Waals surface area (Å²) in [5, 5.41) is 3.83. The Morgan fingerprint density at radius 3 is 2.82 bits per heavy atom. The van der Waals surface area contributed by atoms with Crippen LogP contribution in [-0.2, 0) is 6.42 Å². The average Bonchev–Trinajstić information content (AvgIpc) is 2.75. The van der Waals surface area contributed by atoms with Crippen molar-refractivity contribution in [1.29, 1.82) is 0 Å². The number of nitrogens with zero attached hydrogens (tertiary/aromatic N) is 1. The van der Waals surface area contributed by atoms with Crippen LogP contribution in [0.4, 0.5) is 0 Å². The summed E-state index contributed by atoms with van der Waals surface area (Å²) in [5.74, 6) is 5.58. The first kappa shape index (κ1) is 12.5. The summed E-state index contributed by atoms with van der Waals surface area (Å²) in [6.45, 7) is 1.98. The van der Waals surface area contributed by atoms with E-state index in [-0.39, 0.29) is 6.04 Å². The van der Waals surface area contributed by atoms with Crippen molar-refractivity contribution in [2.75, 3.05) is 0 Å². The fourth-order valence-electron chi connectivity index (χ4n) is 1.67. The Kier molecular flexibility index (Phi) is 4.12. The molecule has 1 unspecified atom stereocenters. The Morgan fingerprint density at radius 1 is 1.47 bits per heavy atom. The summed E-state index contributed by atoms with van der Waals surface area (Å²) >= 11 is 7.75. The van der Waals surface area contributed by atoms with Crippen molar-refractivity contribution in [3.8, 4) is 0 Å². The monoisotopic (exact) mass is 267 g/mol. The second-order valence-electron chi connectivity index (χ2n) is 3.81. The molecular formula is C12H14ClN3S. The maximum Gasteiger partial charge on any atom is 0.0898 e. The number of benzene rings is 1. The zero-order chi connectivity index (χ0) is 12.3. The van der Waals surface area contributed by atoms with Crippen molar-refractivity contribution >= 4 is 22.9 Å². The topological polar surface area (TPSA) is 50.9 Å². The maximum absolute atomic E-state index is 6.13. The number of rotatable bonds is 4. The summed E-state index contributed by atoms with van der Waals surface area (Å²) in [4.78, 5) is 4.44. The highest BCUT2D eigenvalue weighted by Gasteiger charge is 2.14. The van der Waals surface area contributed by atoms with Crippen molar-refractivity contribution in [3.05, 3.63) is 50.9 Å². The highest BCUT2D eigenvalue weighted by molar-refractivity contribution is 7.09. The van der Waals surface area contributed by atoms with E-state index in [1.165, 1.54) is 0 Å². The standard InChI is InChI=1S/C12H14ClN3S/c1-8-15-12(7-17-8)11(16-14)6-9-4-2-3-5-10(9)13/h2-5,7,11,16H,6,14H2,1H3. The van der Waals surface area contributed by atoms with Gasteiger partial charge in [0, 0.05) is 10.4 Å². The Morgan fingerprint density at radius 2 is 2.24 bits per heavy atom. The van der Waals surface area contributed by atoms with Gasteiger partial charge in [0.2, 0.25) is 0 Å². The summed E-state index contributed by atoms with van der Waals surface area (Å²) in [6, 6.07) is 7.79. The number of aromatic nitrogens is 1. The van der Waals surface area contributed by atoms with E-state index in [1.54, 1.807) is 11.3 Å². The van der Waals surface area contributed by atoms with Gasteiger partial charge in [-0.05, 0) is 25.0 Å². The molecule has 0 radical (unpaired) electrons. The normalized spacial score (nSPS) is 12.6. The molecule has 0 saturated heterocycles. The van der Waals surface area contributed by atoms with Gasteiger partial charge in [0.15, 0.2) is 0 Å². The van der Waals surface area contributed by atoms with Gasteiger partial charge in [-0.3, -0.25) is 11.3 Å². The number of nitrogens with one attached hydrogen (secondary N) is 1. The molecule has 0 spiro atoms. The van der Waals surface area contributed by atoms with E-state index in [2.05, 4.69) is 10.4 Å². The lowest BCUT2D eigenvalue weighted by atomic mass is 10.0. The predicted octanol–water partition coefficient (Wildman–Crippen LogP) is 2.85. The van der Waals surface area contributed by atoms with E-state index in [0.717, 1.165) is 27.7 Å². The van der Waals surface area contributed by atoms with Crippen LogP contribution >= 0.6 is 22.9 Å². The second-order valence-corrected chi connectivity index (χ2v) is 5.28. The SMILES string of the molecule is Cc1nc(C(Cc2ccccc2Cl)NN)cs1. The van der Waals surface area contributed by atoms with Crippen LogP contribution in [0.3, 0.4) is 0 Å². The van der Waals surface area contributed by atoms with E-state index in [9.17, 15) is 0 Å². The lowest BCUT2D eigenvalue weighted by molar-refractivity contribution is 0.540. The molecule has 17 heavy (non-hydrogen) atoms. The summed E-state index contributed by atoms with van der Waals surface area (Å²) < 4.78 is 0. The average molecular weight is 268 g/mol. The van der Waals surface area contributed by atoms with E-state index in [1.807, 2.05) is 36.6 Å². The molecule has 0 bridgehead atoms. The van der Waals surface area contributed by atoms with E-state index < -0.39 is 0 Å². The third-order valence-electron chi connectivity index (χ3n) is 2.58. The van der Waals surface area contributed by atoms with E-state index in [0.29, 0.717) is 0 Å². The molecule has 2 aromatic rings. The van der Waals surface area contributed by atoms with Crippen LogP contribution in [0.5, 0.6) is 0 Å². The number of hydrazine groups is 1. The molecule has 1 heterocycles. The Hall–Kier alpha value is -0.940. The number of aryl methyl sites for hydroxylation is 1. The molecule has 0 fully saturated rings. The first-order valence-corrected chi connectivity index (χ1v) is 6.58. The Balaban J connectivity index is 2.18. The van der Waals surface area contributed by atoms with Crippen molar-refractivity contribution in [2.24, 2.45) is 5.84 Å². The molecular weight excluding hydrogens is 254 g/mol. The molecule has 0 aliphatic carbocycles. The largest absolute Gasteiger partial charge is 0.271 e. The van der Waals surface area contributed by atoms with Crippen LogP contribution in [0.1, 0.15) is 22.3 Å². The molecule has 90 valence electrons. The molecule has 0 amide bonds.